The van der Waals surface area contributed by atoms with Crippen LogP contribution < -0.4 is 5.73 Å². The average molecular weight is 246 g/mol. The van der Waals surface area contributed by atoms with Gasteiger partial charge in [0.1, 0.15) is 0 Å². The molecule has 1 aromatic rings. The predicted molar refractivity (Wildman–Crippen MR) is 73.2 cm³/mol. The number of amides is 1. The third kappa shape index (κ3) is 2.56. The van der Waals surface area contributed by atoms with E-state index >= 15 is 0 Å². The van der Waals surface area contributed by atoms with Crippen LogP contribution in [-0.4, -0.2) is 23.9 Å². The molecule has 1 aromatic carbocycles. The zero-order chi connectivity index (χ0) is 13.0. The highest BCUT2D eigenvalue weighted by Crippen LogP contribution is 2.29. The number of carbonyl (C=O) groups is 1. The molecule has 2 N–H and O–H groups in total. The lowest BCUT2D eigenvalue weighted by Crippen LogP contribution is -2.43. The number of unbranched alkanes of at least 4 members (excludes halogenated alkanes) is 1. The molecule has 0 saturated carbocycles. The van der Waals surface area contributed by atoms with Crippen LogP contribution in [0.1, 0.15) is 43.4 Å². The molecule has 1 unspecified atom stereocenters. The van der Waals surface area contributed by atoms with E-state index in [0.717, 1.165) is 25.8 Å². The van der Waals surface area contributed by atoms with Gasteiger partial charge in [-0.2, -0.15) is 0 Å². The third-order valence-electron chi connectivity index (χ3n) is 3.70. The number of nitrogens with two attached hydrogens (primary N) is 1. The normalized spacial score (nSPS) is 18.6. The van der Waals surface area contributed by atoms with Crippen LogP contribution in [0.5, 0.6) is 0 Å². The number of rotatable bonds is 4. The van der Waals surface area contributed by atoms with Crippen molar-refractivity contribution in [2.45, 2.75) is 38.6 Å². The van der Waals surface area contributed by atoms with Gasteiger partial charge < -0.3 is 10.6 Å². The molecule has 0 saturated heterocycles. The Kier molecular flexibility index (Phi) is 4.37. The van der Waals surface area contributed by atoms with Crippen LogP contribution in [0.3, 0.4) is 0 Å². The second-order valence-electron chi connectivity index (χ2n) is 4.89. The molecular weight excluding hydrogens is 224 g/mol. The van der Waals surface area contributed by atoms with Gasteiger partial charge in [0.05, 0.1) is 6.04 Å². The molecule has 3 heteroatoms. The van der Waals surface area contributed by atoms with Gasteiger partial charge in [-0.3, -0.25) is 4.79 Å². The number of hydrogen-bond donors (Lipinski definition) is 1. The summed E-state index contributed by atoms with van der Waals surface area (Å²) in [6, 6.07) is 8.40. The maximum Gasteiger partial charge on any atom is 0.223 e. The molecule has 0 aromatic heterocycles. The van der Waals surface area contributed by atoms with Crippen molar-refractivity contribution in [3.8, 4) is 0 Å². The first kappa shape index (κ1) is 13.1. The molecule has 0 bridgehead atoms. The Morgan fingerprint density at radius 1 is 1.44 bits per heavy atom. The van der Waals surface area contributed by atoms with Crippen LogP contribution >= 0.6 is 0 Å². The van der Waals surface area contributed by atoms with Crippen molar-refractivity contribution in [2.24, 2.45) is 5.73 Å². The molecule has 1 atom stereocenters. The molecule has 0 radical (unpaired) electrons. The van der Waals surface area contributed by atoms with Crippen molar-refractivity contribution in [3.63, 3.8) is 0 Å². The quantitative estimate of drug-likeness (QED) is 0.885. The van der Waals surface area contributed by atoms with Crippen LogP contribution in [0.25, 0.3) is 0 Å². The molecule has 1 heterocycles. The minimum absolute atomic E-state index is 0.0688. The second kappa shape index (κ2) is 6.01. The first-order valence-electron chi connectivity index (χ1n) is 6.85. The number of nitrogens with zero attached hydrogens (tertiary/aromatic N) is 1. The highest BCUT2D eigenvalue weighted by molar-refractivity contribution is 5.77. The van der Waals surface area contributed by atoms with E-state index in [1.165, 1.54) is 11.1 Å². The Morgan fingerprint density at radius 2 is 2.22 bits per heavy atom. The summed E-state index contributed by atoms with van der Waals surface area (Å²) >= 11 is 0. The fourth-order valence-electron chi connectivity index (χ4n) is 2.68. The number of hydrogen-bond acceptors (Lipinski definition) is 2. The van der Waals surface area contributed by atoms with E-state index in [1.807, 2.05) is 11.0 Å². The summed E-state index contributed by atoms with van der Waals surface area (Å²) in [7, 11) is 0. The predicted octanol–water partition coefficient (Wildman–Crippen LogP) is 2.26. The fraction of sp³-hybridized carbons (Fsp3) is 0.533. The Labute approximate surface area is 109 Å². The van der Waals surface area contributed by atoms with Gasteiger partial charge in [0.25, 0.3) is 0 Å². The maximum absolute atomic E-state index is 12.2. The summed E-state index contributed by atoms with van der Waals surface area (Å²) in [6.07, 6.45) is 3.62. The molecule has 1 aliphatic heterocycles. The summed E-state index contributed by atoms with van der Waals surface area (Å²) in [5, 5.41) is 0. The topological polar surface area (TPSA) is 46.3 Å². The number of fused-ring (bicyclic) bond motifs is 1. The van der Waals surface area contributed by atoms with Crippen molar-refractivity contribution in [2.75, 3.05) is 13.1 Å². The summed E-state index contributed by atoms with van der Waals surface area (Å²) in [5.74, 6) is 0.252. The van der Waals surface area contributed by atoms with Gasteiger partial charge in [-0.15, -0.1) is 0 Å². The molecule has 0 spiro atoms. The van der Waals surface area contributed by atoms with E-state index in [4.69, 9.17) is 5.73 Å². The maximum atomic E-state index is 12.2. The average Bonchev–Trinajstić information content (AvgIpc) is 2.43. The third-order valence-corrected chi connectivity index (χ3v) is 3.70. The van der Waals surface area contributed by atoms with E-state index in [9.17, 15) is 4.79 Å². The summed E-state index contributed by atoms with van der Waals surface area (Å²) in [4.78, 5) is 14.2. The molecule has 1 aliphatic rings. The summed E-state index contributed by atoms with van der Waals surface area (Å²) < 4.78 is 0. The Morgan fingerprint density at radius 3 is 2.94 bits per heavy atom. The zero-order valence-electron chi connectivity index (χ0n) is 11.1. The van der Waals surface area contributed by atoms with Gasteiger partial charge in [0.2, 0.25) is 5.91 Å². The first-order chi connectivity index (χ1) is 8.77. The lowest BCUT2D eigenvalue weighted by Gasteiger charge is -2.37. The van der Waals surface area contributed by atoms with Gasteiger partial charge in [-0.25, -0.2) is 0 Å². The molecule has 0 aliphatic carbocycles. The molecule has 98 valence electrons. The molecule has 18 heavy (non-hydrogen) atoms. The molecular formula is C15H22N2O. The molecule has 3 nitrogen and oxygen atoms in total. The van der Waals surface area contributed by atoms with Crippen molar-refractivity contribution in [1.82, 2.24) is 4.90 Å². The minimum Gasteiger partial charge on any atom is -0.334 e. The van der Waals surface area contributed by atoms with Gasteiger partial charge in [0, 0.05) is 19.5 Å². The Bertz CT molecular complexity index is 417. The van der Waals surface area contributed by atoms with E-state index in [-0.39, 0.29) is 11.9 Å². The largest absolute Gasteiger partial charge is 0.334 e. The highest BCUT2D eigenvalue weighted by Gasteiger charge is 2.28. The SMILES string of the molecule is CCCCC(=O)N1CCc2ccccc2C1CN. The van der Waals surface area contributed by atoms with Crippen molar-refractivity contribution >= 4 is 5.91 Å². The fourth-order valence-corrected chi connectivity index (χ4v) is 2.68. The van der Waals surface area contributed by atoms with Crippen LogP contribution in [0, 0.1) is 0 Å². The number of carbonyl (C=O) groups excluding carboxylic acids is 1. The van der Waals surface area contributed by atoms with Gasteiger partial charge in [-0.1, -0.05) is 37.6 Å². The zero-order valence-corrected chi connectivity index (χ0v) is 11.1. The first-order valence-corrected chi connectivity index (χ1v) is 6.85. The lowest BCUT2D eigenvalue weighted by molar-refractivity contribution is -0.134. The smallest absolute Gasteiger partial charge is 0.223 e. The van der Waals surface area contributed by atoms with E-state index in [0.29, 0.717) is 13.0 Å². The molecule has 0 fully saturated rings. The van der Waals surface area contributed by atoms with Gasteiger partial charge in [0.15, 0.2) is 0 Å². The van der Waals surface area contributed by atoms with E-state index in [1.54, 1.807) is 0 Å². The second-order valence-corrected chi connectivity index (χ2v) is 4.89. The van der Waals surface area contributed by atoms with Crippen molar-refractivity contribution in [3.05, 3.63) is 35.4 Å². The van der Waals surface area contributed by atoms with Gasteiger partial charge >= 0.3 is 0 Å². The summed E-state index contributed by atoms with van der Waals surface area (Å²) in [6.45, 7) is 3.43. The van der Waals surface area contributed by atoms with Crippen LogP contribution in [0.15, 0.2) is 24.3 Å². The van der Waals surface area contributed by atoms with E-state index in [2.05, 4.69) is 25.1 Å². The minimum atomic E-state index is 0.0688. The number of benzene rings is 1. The lowest BCUT2D eigenvalue weighted by atomic mass is 9.92. The van der Waals surface area contributed by atoms with Gasteiger partial charge in [-0.05, 0) is 24.0 Å². The molecule has 2 rings (SSSR count). The molecule has 1 amide bonds. The standard InChI is InChI=1S/C15H22N2O/c1-2-3-8-15(18)17-10-9-12-6-4-5-7-13(12)14(17)11-16/h4-7,14H,2-3,8-11,16H2,1H3. The monoisotopic (exact) mass is 246 g/mol. The van der Waals surface area contributed by atoms with Crippen molar-refractivity contribution in [1.29, 1.82) is 0 Å². The van der Waals surface area contributed by atoms with E-state index < -0.39 is 0 Å². The van der Waals surface area contributed by atoms with Crippen LogP contribution in [-0.2, 0) is 11.2 Å². The van der Waals surface area contributed by atoms with Crippen LogP contribution in [0.4, 0.5) is 0 Å². The summed E-state index contributed by atoms with van der Waals surface area (Å²) in [5.41, 5.74) is 8.45. The Hall–Kier alpha value is -1.35. The van der Waals surface area contributed by atoms with Crippen molar-refractivity contribution < 1.29 is 4.79 Å². The Balaban J connectivity index is 2.17. The highest BCUT2D eigenvalue weighted by atomic mass is 16.2. The van der Waals surface area contributed by atoms with Crippen LogP contribution in [0.2, 0.25) is 0 Å².